The van der Waals surface area contributed by atoms with E-state index in [1.165, 1.54) is 24.9 Å². The maximum atomic E-state index is 4.54. The number of nitrogens with zero attached hydrogens (tertiary/aromatic N) is 6. The number of hydrogen-bond acceptors (Lipinski definition) is 5. The summed E-state index contributed by atoms with van der Waals surface area (Å²) in [6.07, 6.45) is 6.12. The fourth-order valence-electron chi connectivity index (χ4n) is 4.27. The largest absolute Gasteiger partial charge is 0.355 e. The monoisotopic (exact) mass is 521 g/mol. The molecule has 0 saturated carbocycles. The molecule has 1 N–H and O–H groups in total. The summed E-state index contributed by atoms with van der Waals surface area (Å²) in [5, 5.41) is 3.64. The van der Waals surface area contributed by atoms with Crippen molar-refractivity contribution in [3.63, 3.8) is 0 Å². The Morgan fingerprint density at radius 3 is 2.47 bits per heavy atom. The summed E-state index contributed by atoms with van der Waals surface area (Å²) < 4.78 is 0. The van der Waals surface area contributed by atoms with Gasteiger partial charge in [0.25, 0.3) is 0 Å². The molecule has 162 valence electrons. The number of likely N-dealkylation sites (tertiary alicyclic amines) is 1. The number of rotatable bonds is 5. The Morgan fingerprint density at radius 2 is 1.77 bits per heavy atom. The zero-order valence-electron chi connectivity index (χ0n) is 17.7. The third-order valence-corrected chi connectivity index (χ3v) is 5.85. The molecule has 7 nitrogen and oxygen atoms in total. The molecule has 0 bridgehead atoms. The molecule has 2 aliphatic rings. The molecule has 4 rings (SSSR count). The average molecular weight is 521 g/mol. The highest BCUT2D eigenvalue weighted by Crippen LogP contribution is 2.19. The number of piperazine rings is 1. The van der Waals surface area contributed by atoms with Crippen LogP contribution in [-0.2, 0) is 6.54 Å². The van der Waals surface area contributed by atoms with Crippen LogP contribution < -0.4 is 10.2 Å². The van der Waals surface area contributed by atoms with E-state index >= 15 is 0 Å². The Morgan fingerprint density at radius 1 is 1.03 bits per heavy atom. The highest BCUT2D eigenvalue weighted by atomic mass is 127. The van der Waals surface area contributed by atoms with Crippen molar-refractivity contribution in [2.24, 2.45) is 4.99 Å². The SMILES string of the molecule is CN=C(NCC1CCCN1Cc1ccccc1)N1CCN(c2ncccn2)CC1.I. The van der Waals surface area contributed by atoms with Crippen LogP contribution in [0.5, 0.6) is 0 Å². The summed E-state index contributed by atoms with van der Waals surface area (Å²) in [5.41, 5.74) is 1.39. The predicted molar refractivity (Wildman–Crippen MR) is 132 cm³/mol. The second-order valence-electron chi connectivity index (χ2n) is 7.70. The number of anilines is 1. The van der Waals surface area contributed by atoms with E-state index in [0.717, 1.165) is 51.2 Å². The van der Waals surface area contributed by atoms with E-state index in [-0.39, 0.29) is 24.0 Å². The van der Waals surface area contributed by atoms with Crippen molar-refractivity contribution >= 4 is 35.9 Å². The minimum atomic E-state index is 0. The lowest BCUT2D eigenvalue weighted by atomic mass is 10.2. The van der Waals surface area contributed by atoms with Gasteiger partial charge in [-0.25, -0.2) is 9.97 Å². The molecule has 3 heterocycles. The van der Waals surface area contributed by atoms with E-state index in [1.807, 2.05) is 13.1 Å². The third-order valence-electron chi connectivity index (χ3n) is 5.85. The van der Waals surface area contributed by atoms with Crippen LogP contribution in [0.4, 0.5) is 5.95 Å². The number of nitrogens with one attached hydrogen (secondary N) is 1. The summed E-state index contributed by atoms with van der Waals surface area (Å²) in [7, 11) is 1.88. The van der Waals surface area contributed by atoms with Gasteiger partial charge in [0.2, 0.25) is 5.95 Å². The molecule has 0 aliphatic carbocycles. The van der Waals surface area contributed by atoms with Crippen LogP contribution in [-0.4, -0.2) is 78.1 Å². The standard InChI is InChI=1S/C22H31N7.HI/c1-23-21(27-13-15-28(16-14-27)22-24-10-6-11-25-22)26-17-20-9-5-12-29(20)18-19-7-3-2-4-8-19;/h2-4,6-8,10-11,20H,5,9,12-18H2,1H3,(H,23,26);1H. The molecule has 1 aromatic heterocycles. The van der Waals surface area contributed by atoms with Gasteiger partial charge in [0.15, 0.2) is 5.96 Å². The highest BCUT2D eigenvalue weighted by Gasteiger charge is 2.26. The average Bonchev–Trinajstić information content (AvgIpc) is 3.23. The lowest BCUT2D eigenvalue weighted by molar-refractivity contribution is 0.243. The molecule has 1 aromatic carbocycles. The van der Waals surface area contributed by atoms with E-state index in [9.17, 15) is 0 Å². The van der Waals surface area contributed by atoms with Crippen LogP contribution in [0, 0.1) is 0 Å². The van der Waals surface area contributed by atoms with Crippen molar-refractivity contribution in [3.8, 4) is 0 Å². The molecule has 0 amide bonds. The molecule has 1 atom stereocenters. The van der Waals surface area contributed by atoms with Crippen molar-refractivity contribution in [3.05, 3.63) is 54.4 Å². The van der Waals surface area contributed by atoms with Gasteiger partial charge < -0.3 is 15.1 Å². The summed E-state index contributed by atoms with van der Waals surface area (Å²) in [5.74, 6) is 1.82. The molecule has 2 saturated heterocycles. The van der Waals surface area contributed by atoms with Crippen LogP contribution in [0.15, 0.2) is 53.8 Å². The van der Waals surface area contributed by atoms with Gasteiger partial charge in [-0.05, 0) is 31.0 Å². The van der Waals surface area contributed by atoms with E-state index in [2.05, 4.69) is 65.3 Å². The van der Waals surface area contributed by atoms with E-state index in [0.29, 0.717) is 6.04 Å². The minimum Gasteiger partial charge on any atom is -0.355 e. The fraction of sp³-hybridized carbons (Fsp3) is 0.500. The molecule has 30 heavy (non-hydrogen) atoms. The first-order valence-electron chi connectivity index (χ1n) is 10.6. The fourth-order valence-corrected chi connectivity index (χ4v) is 4.27. The summed E-state index contributed by atoms with van der Waals surface area (Å²) in [4.78, 5) is 20.5. The number of aliphatic imine (C=N–C) groups is 1. The van der Waals surface area contributed by atoms with E-state index in [4.69, 9.17) is 0 Å². The van der Waals surface area contributed by atoms with Crippen LogP contribution >= 0.6 is 24.0 Å². The first-order chi connectivity index (χ1) is 14.3. The maximum Gasteiger partial charge on any atom is 0.225 e. The molecule has 0 spiro atoms. The smallest absolute Gasteiger partial charge is 0.225 e. The molecular weight excluding hydrogens is 489 g/mol. The summed E-state index contributed by atoms with van der Waals surface area (Å²) in [6.45, 7) is 6.83. The number of benzene rings is 1. The Kier molecular flexibility index (Phi) is 8.68. The molecule has 2 aliphatic heterocycles. The molecular formula is C22H32IN7. The van der Waals surface area contributed by atoms with Crippen LogP contribution in [0.3, 0.4) is 0 Å². The van der Waals surface area contributed by atoms with Crippen molar-refractivity contribution in [1.82, 2.24) is 25.1 Å². The van der Waals surface area contributed by atoms with Gasteiger partial charge in [-0.2, -0.15) is 0 Å². The van der Waals surface area contributed by atoms with E-state index < -0.39 is 0 Å². The number of aromatic nitrogens is 2. The van der Waals surface area contributed by atoms with Crippen molar-refractivity contribution in [2.75, 3.05) is 51.2 Å². The summed E-state index contributed by atoms with van der Waals surface area (Å²) >= 11 is 0. The highest BCUT2D eigenvalue weighted by molar-refractivity contribution is 14.0. The normalized spacial score (nSPS) is 20.2. The zero-order valence-corrected chi connectivity index (χ0v) is 20.0. The van der Waals surface area contributed by atoms with Crippen molar-refractivity contribution in [2.45, 2.75) is 25.4 Å². The van der Waals surface area contributed by atoms with Gasteiger partial charge in [0.1, 0.15) is 0 Å². The molecule has 2 aromatic rings. The second-order valence-corrected chi connectivity index (χ2v) is 7.70. The lowest BCUT2D eigenvalue weighted by Gasteiger charge is -2.37. The van der Waals surface area contributed by atoms with Gasteiger partial charge in [-0.1, -0.05) is 30.3 Å². The topological polar surface area (TPSA) is 59.9 Å². The number of guanidine groups is 1. The number of hydrogen-bond donors (Lipinski definition) is 1. The maximum absolute atomic E-state index is 4.54. The minimum absolute atomic E-state index is 0. The first kappa shape index (κ1) is 22.7. The van der Waals surface area contributed by atoms with Gasteiger partial charge in [0.05, 0.1) is 0 Å². The quantitative estimate of drug-likeness (QED) is 0.371. The lowest BCUT2D eigenvalue weighted by Crippen LogP contribution is -2.54. The Bertz CT molecular complexity index is 779. The van der Waals surface area contributed by atoms with Gasteiger partial charge >= 0.3 is 0 Å². The van der Waals surface area contributed by atoms with Crippen molar-refractivity contribution < 1.29 is 0 Å². The summed E-state index contributed by atoms with van der Waals surface area (Å²) in [6, 6.07) is 13.2. The van der Waals surface area contributed by atoms with E-state index in [1.54, 1.807) is 12.4 Å². The second kappa shape index (κ2) is 11.5. The van der Waals surface area contributed by atoms with Crippen LogP contribution in [0.2, 0.25) is 0 Å². The van der Waals surface area contributed by atoms with Gasteiger partial charge in [0, 0.05) is 64.8 Å². The van der Waals surface area contributed by atoms with Crippen LogP contribution in [0.1, 0.15) is 18.4 Å². The molecule has 0 radical (unpaired) electrons. The first-order valence-corrected chi connectivity index (χ1v) is 10.6. The molecule has 2 fully saturated rings. The predicted octanol–water partition coefficient (Wildman–Crippen LogP) is 2.46. The molecule has 8 heteroatoms. The third kappa shape index (κ3) is 5.81. The Labute approximate surface area is 196 Å². The molecule has 1 unspecified atom stereocenters. The van der Waals surface area contributed by atoms with Crippen molar-refractivity contribution in [1.29, 1.82) is 0 Å². The zero-order chi connectivity index (χ0) is 19.9. The van der Waals surface area contributed by atoms with Gasteiger partial charge in [-0.3, -0.25) is 9.89 Å². The number of halogens is 1. The van der Waals surface area contributed by atoms with Crippen LogP contribution in [0.25, 0.3) is 0 Å². The Hall–Kier alpha value is -1.94. The van der Waals surface area contributed by atoms with Gasteiger partial charge in [-0.15, -0.1) is 24.0 Å². The Balaban J connectivity index is 0.00000256.